The molecule has 29 heavy (non-hydrogen) atoms. The third kappa shape index (κ3) is 5.71. The minimum Gasteiger partial charge on any atom is -0.384 e. The molecule has 3 aliphatic rings. The Morgan fingerprint density at radius 3 is 2.59 bits per heavy atom. The van der Waals surface area contributed by atoms with Crippen LogP contribution >= 0.6 is 24.8 Å². The van der Waals surface area contributed by atoms with E-state index in [-0.39, 0.29) is 24.8 Å². The van der Waals surface area contributed by atoms with Crippen molar-refractivity contribution in [1.29, 1.82) is 0 Å². The fourth-order valence-electron chi connectivity index (χ4n) is 4.19. The molecule has 4 rings (SSSR count). The molecule has 160 valence electrons. The number of hydrogen-bond donors (Lipinski definition) is 3. The van der Waals surface area contributed by atoms with E-state index in [2.05, 4.69) is 65.3 Å². The Balaban J connectivity index is 0.00000150. The highest BCUT2D eigenvalue weighted by Gasteiger charge is 2.19. The Morgan fingerprint density at radius 1 is 1.00 bits per heavy atom. The maximum Gasteiger partial charge on any atom is 0.0639 e. The first-order chi connectivity index (χ1) is 13.2. The summed E-state index contributed by atoms with van der Waals surface area (Å²) in [7, 11) is 0. The number of allylic oxidation sites excluding steroid dienone is 6. The predicted octanol–water partition coefficient (Wildman–Crippen LogP) is 5.76. The first-order valence-corrected chi connectivity index (χ1v) is 10.4. The van der Waals surface area contributed by atoms with Gasteiger partial charge in [-0.2, -0.15) is 0 Å². The largest absolute Gasteiger partial charge is 0.384 e. The summed E-state index contributed by atoms with van der Waals surface area (Å²) in [5.74, 6) is 0. The van der Waals surface area contributed by atoms with Crippen molar-refractivity contribution in [2.45, 2.75) is 46.0 Å². The second-order valence-electron chi connectivity index (χ2n) is 7.98. The van der Waals surface area contributed by atoms with E-state index in [1.807, 2.05) is 0 Å². The molecule has 1 aliphatic carbocycles. The van der Waals surface area contributed by atoms with Crippen LogP contribution in [0.4, 0.5) is 11.4 Å². The fraction of sp³-hybridized carbons (Fsp3) is 0.478. The Hall–Kier alpha value is -1.62. The highest BCUT2D eigenvalue weighted by Crippen LogP contribution is 2.36. The number of nitrogens with one attached hydrogen (secondary N) is 3. The van der Waals surface area contributed by atoms with Gasteiger partial charge in [0.2, 0.25) is 0 Å². The second-order valence-corrected chi connectivity index (χ2v) is 7.98. The number of benzene rings is 1. The molecule has 0 atom stereocenters. The normalized spacial score (nSPS) is 22.4. The van der Waals surface area contributed by atoms with Crippen molar-refractivity contribution < 1.29 is 0 Å². The number of nitrogens with zero attached hydrogens (tertiary/aromatic N) is 1. The maximum absolute atomic E-state index is 3.60. The monoisotopic (exact) mass is 436 g/mol. The van der Waals surface area contributed by atoms with Crippen molar-refractivity contribution in [2.75, 3.05) is 36.9 Å². The molecule has 1 aromatic carbocycles. The quantitative estimate of drug-likeness (QED) is 0.561. The van der Waals surface area contributed by atoms with Gasteiger partial charge in [0.25, 0.3) is 0 Å². The van der Waals surface area contributed by atoms with E-state index in [0.29, 0.717) is 0 Å². The number of likely N-dealkylation sites (tertiary alicyclic amines) is 1. The first kappa shape index (κ1) is 23.7. The summed E-state index contributed by atoms with van der Waals surface area (Å²) in [6.07, 6.45) is 10.9. The lowest BCUT2D eigenvalue weighted by molar-refractivity contribution is 0.237. The SMILES string of the molecule is CC1=C/C2=C(CC\C=C\1C)NNc1cc(NCCN3CCCCC3)ccc12.Cl.Cl. The molecular formula is C23H34Cl2N4. The lowest BCUT2D eigenvalue weighted by Gasteiger charge is -2.28. The van der Waals surface area contributed by atoms with Crippen LogP contribution in [0.1, 0.15) is 51.5 Å². The van der Waals surface area contributed by atoms with E-state index < -0.39 is 0 Å². The zero-order chi connectivity index (χ0) is 18.6. The van der Waals surface area contributed by atoms with Gasteiger partial charge in [-0.3, -0.25) is 0 Å². The molecule has 1 saturated heterocycles. The van der Waals surface area contributed by atoms with Crippen LogP contribution in [0.2, 0.25) is 0 Å². The van der Waals surface area contributed by atoms with E-state index in [4.69, 9.17) is 0 Å². The standard InChI is InChI=1S/C23H32N4.2ClH/c1-17-7-6-8-22-21(15-18(17)2)20-10-9-19(16-23(20)26-25-22)24-11-14-27-12-4-3-5-13-27;;/h7,9-10,15-16,24-26H,3-6,8,11-14H2,1-2H3;2*1H/b17-7+,18-15-;;. The third-order valence-corrected chi connectivity index (χ3v) is 6.02. The number of fused-ring (bicyclic) bond motifs is 2. The highest BCUT2D eigenvalue weighted by atomic mass is 35.5. The second kappa shape index (κ2) is 11.0. The van der Waals surface area contributed by atoms with Gasteiger partial charge in [-0.05, 0) is 76.4 Å². The summed E-state index contributed by atoms with van der Waals surface area (Å²) < 4.78 is 0. The van der Waals surface area contributed by atoms with Gasteiger partial charge in [0.15, 0.2) is 0 Å². The van der Waals surface area contributed by atoms with Gasteiger partial charge in [-0.15, -0.1) is 24.8 Å². The molecule has 3 N–H and O–H groups in total. The molecule has 6 heteroatoms. The average Bonchev–Trinajstić information content (AvgIpc) is 2.69. The Kier molecular flexibility index (Phi) is 8.94. The Morgan fingerprint density at radius 2 is 1.79 bits per heavy atom. The molecule has 0 amide bonds. The predicted molar refractivity (Wildman–Crippen MR) is 130 cm³/mol. The van der Waals surface area contributed by atoms with Crippen LogP contribution in [-0.4, -0.2) is 31.1 Å². The molecule has 1 fully saturated rings. The molecule has 2 aliphatic heterocycles. The number of anilines is 2. The van der Waals surface area contributed by atoms with E-state index >= 15 is 0 Å². The lowest BCUT2D eigenvalue weighted by Crippen LogP contribution is -2.33. The smallest absolute Gasteiger partial charge is 0.0639 e. The first-order valence-electron chi connectivity index (χ1n) is 10.4. The topological polar surface area (TPSA) is 39.3 Å². The minimum absolute atomic E-state index is 0. The van der Waals surface area contributed by atoms with Gasteiger partial charge in [-0.25, -0.2) is 0 Å². The highest BCUT2D eigenvalue weighted by molar-refractivity contribution is 5.88. The molecular weight excluding hydrogens is 403 g/mol. The molecule has 2 heterocycles. The zero-order valence-electron chi connectivity index (χ0n) is 17.5. The zero-order valence-corrected chi connectivity index (χ0v) is 19.1. The van der Waals surface area contributed by atoms with Gasteiger partial charge in [0.1, 0.15) is 0 Å². The minimum atomic E-state index is 0. The fourth-order valence-corrected chi connectivity index (χ4v) is 4.19. The number of hydrogen-bond acceptors (Lipinski definition) is 4. The lowest BCUT2D eigenvalue weighted by atomic mass is 9.92. The van der Waals surface area contributed by atoms with Crippen molar-refractivity contribution in [1.82, 2.24) is 10.3 Å². The van der Waals surface area contributed by atoms with Crippen LogP contribution in [0.5, 0.6) is 0 Å². The number of hydrazine groups is 1. The summed E-state index contributed by atoms with van der Waals surface area (Å²) in [5.41, 5.74) is 15.8. The van der Waals surface area contributed by atoms with Crippen LogP contribution in [0, 0.1) is 0 Å². The van der Waals surface area contributed by atoms with Crippen LogP contribution in [0.25, 0.3) is 5.57 Å². The van der Waals surface area contributed by atoms with Crippen LogP contribution in [0.15, 0.2) is 47.2 Å². The molecule has 4 nitrogen and oxygen atoms in total. The van der Waals surface area contributed by atoms with Gasteiger partial charge >= 0.3 is 0 Å². The molecule has 0 radical (unpaired) electrons. The summed E-state index contributed by atoms with van der Waals surface area (Å²) in [4.78, 5) is 2.57. The van der Waals surface area contributed by atoms with Gasteiger partial charge in [0, 0.05) is 35.6 Å². The van der Waals surface area contributed by atoms with Crippen molar-refractivity contribution >= 4 is 41.8 Å². The van der Waals surface area contributed by atoms with Gasteiger partial charge in [0.05, 0.1) is 5.69 Å². The summed E-state index contributed by atoms with van der Waals surface area (Å²) in [6.45, 7) is 9.07. The molecule has 0 spiro atoms. The molecule has 1 aromatic rings. The Labute approximate surface area is 187 Å². The van der Waals surface area contributed by atoms with E-state index in [9.17, 15) is 0 Å². The maximum atomic E-state index is 3.60. The Bertz CT molecular complexity index is 792. The number of piperidine rings is 1. The number of halogens is 2. The van der Waals surface area contributed by atoms with Gasteiger partial charge in [-0.1, -0.05) is 24.1 Å². The van der Waals surface area contributed by atoms with Gasteiger partial charge < -0.3 is 21.1 Å². The van der Waals surface area contributed by atoms with Crippen molar-refractivity contribution in [2.24, 2.45) is 0 Å². The molecule has 0 saturated carbocycles. The number of rotatable bonds is 4. The molecule has 0 unspecified atom stereocenters. The summed E-state index contributed by atoms with van der Waals surface area (Å²) >= 11 is 0. The van der Waals surface area contributed by atoms with Crippen LogP contribution in [-0.2, 0) is 0 Å². The van der Waals surface area contributed by atoms with E-state index in [1.165, 1.54) is 66.0 Å². The van der Waals surface area contributed by atoms with Crippen molar-refractivity contribution in [3.05, 3.63) is 52.8 Å². The third-order valence-electron chi connectivity index (χ3n) is 6.02. The van der Waals surface area contributed by atoms with E-state index in [1.54, 1.807) is 0 Å². The summed E-state index contributed by atoms with van der Waals surface area (Å²) in [6, 6.07) is 6.70. The summed E-state index contributed by atoms with van der Waals surface area (Å²) in [5, 5.41) is 3.60. The van der Waals surface area contributed by atoms with Crippen LogP contribution in [0.3, 0.4) is 0 Å². The van der Waals surface area contributed by atoms with E-state index in [0.717, 1.165) is 31.6 Å². The molecule has 0 aromatic heterocycles. The van der Waals surface area contributed by atoms with Crippen molar-refractivity contribution in [3.8, 4) is 0 Å². The van der Waals surface area contributed by atoms with Crippen LogP contribution < -0.4 is 16.2 Å². The average molecular weight is 437 g/mol. The van der Waals surface area contributed by atoms with Crippen molar-refractivity contribution in [3.63, 3.8) is 0 Å². The molecule has 0 bridgehead atoms.